The van der Waals surface area contributed by atoms with Crippen molar-refractivity contribution in [2.45, 2.75) is 4.90 Å². The van der Waals surface area contributed by atoms with Crippen LogP contribution in [0.5, 0.6) is 0 Å². The molecule has 1 amide bonds. The fourth-order valence-electron chi connectivity index (χ4n) is 1.42. The van der Waals surface area contributed by atoms with Gasteiger partial charge in [0.2, 0.25) is 5.91 Å². The minimum absolute atomic E-state index is 0.0429. The van der Waals surface area contributed by atoms with Gasteiger partial charge in [-0.25, -0.2) is 14.8 Å². The van der Waals surface area contributed by atoms with Crippen molar-refractivity contribution in [3.63, 3.8) is 0 Å². The monoisotopic (exact) mass is 289 g/mol. The lowest BCUT2D eigenvalue weighted by Crippen LogP contribution is -2.18. The summed E-state index contributed by atoms with van der Waals surface area (Å²) in [6.45, 7) is 0. The lowest BCUT2D eigenvalue weighted by molar-refractivity contribution is -0.113. The lowest BCUT2D eigenvalue weighted by Gasteiger charge is -2.06. The quantitative estimate of drug-likeness (QED) is 0.817. The van der Waals surface area contributed by atoms with E-state index >= 15 is 0 Å². The Hall–Kier alpha value is -2.41. The van der Waals surface area contributed by atoms with E-state index in [1.807, 2.05) is 30.3 Å². The molecule has 20 heavy (non-hydrogen) atoms. The van der Waals surface area contributed by atoms with Crippen LogP contribution in [0, 0.1) is 0 Å². The Kier molecular flexibility index (Phi) is 4.67. The molecule has 2 aromatic rings. The number of carbonyl (C=O) groups excluding carboxylic acids is 1. The Bertz CT molecular complexity index is 619. The molecular formula is C13H11N3O3S. The number of thioether (sulfide) groups is 1. The Morgan fingerprint density at radius 2 is 1.85 bits per heavy atom. The number of amides is 1. The molecular weight excluding hydrogens is 278 g/mol. The van der Waals surface area contributed by atoms with E-state index in [2.05, 4.69) is 15.3 Å². The average molecular weight is 289 g/mol. The summed E-state index contributed by atoms with van der Waals surface area (Å²) in [7, 11) is 0. The topological polar surface area (TPSA) is 92.2 Å². The molecule has 0 aliphatic heterocycles. The van der Waals surface area contributed by atoms with Gasteiger partial charge in [-0.1, -0.05) is 18.2 Å². The number of rotatable bonds is 5. The molecule has 1 heterocycles. The molecule has 0 bridgehead atoms. The van der Waals surface area contributed by atoms with Crippen LogP contribution in [0.4, 0.5) is 5.82 Å². The van der Waals surface area contributed by atoms with Gasteiger partial charge in [-0.2, -0.15) is 0 Å². The predicted octanol–water partition coefficient (Wildman–Crippen LogP) is 1.91. The highest BCUT2D eigenvalue weighted by atomic mass is 32.2. The van der Waals surface area contributed by atoms with Crippen LogP contribution in [0.3, 0.4) is 0 Å². The molecule has 0 atom stereocenters. The van der Waals surface area contributed by atoms with Gasteiger partial charge in [0.1, 0.15) is 0 Å². The van der Waals surface area contributed by atoms with Gasteiger partial charge in [0.25, 0.3) is 0 Å². The smallest absolute Gasteiger partial charge is 0.358 e. The normalized spacial score (nSPS) is 10.0. The number of carboxylic acids is 1. The maximum Gasteiger partial charge on any atom is 0.358 e. The van der Waals surface area contributed by atoms with Crippen LogP contribution in [-0.4, -0.2) is 32.7 Å². The summed E-state index contributed by atoms with van der Waals surface area (Å²) in [6.07, 6.45) is 2.59. The maximum atomic E-state index is 11.8. The SMILES string of the molecule is O=C(CSc1ccccc1)Nc1nccnc1C(=O)O. The van der Waals surface area contributed by atoms with Crippen LogP contribution < -0.4 is 5.32 Å². The maximum absolute atomic E-state index is 11.8. The number of carboxylic acid groups (broad SMARTS) is 1. The first-order valence-corrected chi connectivity index (χ1v) is 6.67. The van der Waals surface area contributed by atoms with Crippen molar-refractivity contribution < 1.29 is 14.7 Å². The van der Waals surface area contributed by atoms with Crippen molar-refractivity contribution in [3.05, 3.63) is 48.4 Å². The van der Waals surface area contributed by atoms with E-state index in [1.165, 1.54) is 24.2 Å². The third-order valence-corrected chi connectivity index (χ3v) is 3.28. The van der Waals surface area contributed by atoms with Crippen LogP contribution >= 0.6 is 11.8 Å². The molecule has 2 N–H and O–H groups in total. The fourth-order valence-corrected chi connectivity index (χ4v) is 2.14. The van der Waals surface area contributed by atoms with Crippen LogP contribution in [0.1, 0.15) is 10.5 Å². The molecule has 0 unspecified atom stereocenters. The highest BCUT2D eigenvalue weighted by Gasteiger charge is 2.14. The zero-order valence-electron chi connectivity index (χ0n) is 10.3. The van der Waals surface area contributed by atoms with Crippen molar-refractivity contribution in [2.75, 3.05) is 11.1 Å². The molecule has 0 saturated heterocycles. The zero-order valence-corrected chi connectivity index (χ0v) is 11.1. The number of aromatic nitrogens is 2. The number of hydrogen-bond acceptors (Lipinski definition) is 5. The molecule has 7 heteroatoms. The van der Waals surface area contributed by atoms with Gasteiger partial charge in [0, 0.05) is 17.3 Å². The molecule has 0 aliphatic carbocycles. The van der Waals surface area contributed by atoms with Gasteiger partial charge >= 0.3 is 5.97 Å². The van der Waals surface area contributed by atoms with E-state index in [9.17, 15) is 9.59 Å². The second-order valence-electron chi connectivity index (χ2n) is 3.71. The van der Waals surface area contributed by atoms with Crippen LogP contribution in [-0.2, 0) is 4.79 Å². The number of hydrogen-bond donors (Lipinski definition) is 2. The second-order valence-corrected chi connectivity index (χ2v) is 4.76. The van der Waals surface area contributed by atoms with Crippen molar-refractivity contribution in [1.29, 1.82) is 0 Å². The molecule has 0 radical (unpaired) electrons. The number of nitrogens with zero attached hydrogens (tertiary/aromatic N) is 2. The van der Waals surface area contributed by atoms with Crippen LogP contribution in [0.25, 0.3) is 0 Å². The van der Waals surface area contributed by atoms with E-state index < -0.39 is 5.97 Å². The van der Waals surface area contributed by atoms with Gasteiger partial charge in [0.15, 0.2) is 11.5 Å². The van der Waals surface area contributed by atoms with E-state index in [0.717, 1.165) is 4.90 Å². The van der Waals surface area contributed by atoms with Gasteiger partial charge < -0.3 is 10.4 Å². The second kappa shape index (κ2) is 6.67. The van der Waals surface area contributed by atoms with E-state index in [0.29, 0.717) is 0 Å². The molecule has 1 aromatic heterocycles. The summed E-state index contributed by atoms with van der Waals surface area (Å²) in [6, 6.07) is 9.44. The molecule has 6 nitrogen and oxygen atoms in total. The number of benzene rings is 1. The minimum Gasteiger partial charge on any atom is -0.476 e. The minimum atomic E-state index is -1.23. The molecule has 0 saturated carbocycles. The standard InChI is InChI=1S/C13H11N3O3S/c17-10(8-20-9-4-2-1-3-5-9)16-12-11(13(18)19)14-6-7-15-12/h1-7H,8H2,(H,18,19)(H,15,16,17). The first-order valence-electron chi connectivity index (χ1n) is 5.69. The van der Waals surface area contributed by atoms with Crippen molar-refractivity contribution in [3.8, 4) is 0 Å². The molecule has 0 fully saturated rings. The number of carbonyl (C=O) groups is 2. The van der Waals surface area contributed by atoms with Crippen molar-refractivity contribution >= 4 is 29.5 Å². The highest BCUT2D eigenvalue weighted by Crippen LogP contribution is 2.17. The molecule has 1 aromatic carbocycles. The highest BCUT2D eigenvalue weighted by molar-refractivity contribution is 8.00. The molecule has 0 aliphatic rings. The first-order chi connectivity index (χ1) is 9.66. The van der Waals surface area contributed by atoms with Gasteiger partial charge in [0.05, 0.1) is 5.75 Å². The van der Waals surface area contributed by atoms with E-state index in [-0.39, 0.29) is 23.2 Å². The largest absolute Gasteiger partial charge is 0.476 e. The summed E-state index contributed by atoms with van der Waals surface area (Å²) in [4.78, 5) is 31.1. The Morgan fingerprint density at radius 1 is 1.15 bits per heavy atom. The lowest BCUT2D eigenvalue weighted by atomic mass is 10.4. The predicted molar refractivity (Wildman–Crippen MR) is 74.8 cm³/mol. The third-order valence-electron chi connectivity index (χ3n) is 2.27. The van der Waals surface area contributed by atoms with Gasteiger partial charge in [-0.15, -0.1) is 11.8 Å². The van der Waals surface area contributed by atoms with Gasteiger partial charge in [-0.05, 0) is 12.1 Å². The average Bonchev–Trinajstić information content (AvgIpc) is 2.46. The summed E-state index contributed by atoms with van der Waals surface area (Å²) < 4.78 is 0. The molecule has 0 spiro atoms. The van der Waals surface area contributed by atoms with E-state index in [1.54, 1.807) is 0 Å². The summed E-state index contributed by atoms with van der Waals surface area (Å²) in [5.41, 5.74) is -0.273. The summed E-state index contributed by atoms with van der Waals surface area (Å²) >= 11 is 1.35. The number of aromatic carboxylic acids is 1. The first kappa shape index (κ1) is 14.0. The van der Waals surface area contributed by atoms with Crippen molar-refractivity contribution in [1.82, 2.24) is 9.97 Å². The number of anilines is 1. The van der Waals surface area contributed by atoms with E-state index in [4.69, 9.17) is 5.11 Å². The zero-order chi connectivity index (χ0) is 14.4. The summed E-state index contributed by atoms with van der Waals surface area (Å²) in [5.74, 6) is -1.44. The molecule has 2 rings (SSSR count). The number of nitrogens with one attached hydrogen (secondary N) is 1. The molecule has 102 valence electrons. The fraction of sp³-hybridized carbons (Fsp3) is 0.0769. The van der Waals surface area contributed by atoms with Gasteiger partial charge in [-0.3, -0.25) is 4.79 Å². The Morgan fingerprint density at radius 3 is 2.55 bits per heavy atom. The third kappa shape index (κ3) is 3.79. The summed E-state index contributed by atoms with van der Waals surface area (Å²) in [5, 5.41) is 11.4. The Labute approximate surface area is 119 Å². The Balaban J connectivity index is 1.97. The van der Waals surface area contributed by atoms with Crippen molar-refractivity contribution in [2.24, 2.45) is 0 Å². The van der Waals surface area contributed by atoms with Crippen LogP contribution in [0.15, 0.2) is 47.6 Å². The van der Waals surface area contributed by atoms with Crippen LogP contribution in [0.2, 0.25) is 0 Å².